The number of aromatic nitrogens is 3. The van der Waals surface area contributed by atoms with Crippen molar-refractivity contribution in [1.29, 1.82) is 0 Å². The Balaban J connectivity index is 1.49. The molecule has 2 heterocycles. The molecule has 0 saturated carbocycles. The first-order chi connectivity index (χ1) is 12.7. The van der Waals surface area contributed by atoms with Gasteiger partial charge in [0.25, 0.3) is 5.91 Å². The monoisotopic (exact) mass is 350 g/mol. The van der Waals surface area contributed by atoms with Crippen LogP contribution in [0.15, 0.2) is 54.6 Å². The molecule has 0 bridgehead atoms. The molecule has 1 amide bonds. The lowest BCUT2D eigenvalue weighted by Crippen LogP contribution is -2.39. The number of amides is 1. The van der Waals surface area contributed by atoms with Gasteiger partial charge >= 0.3 is 0 Å². The Morgan fingerprint density at radius 3 is 2.65 bits per heavy atom. The molecule has 0 aliphatic carbocycles. The second-order valence-corrected chi connectivity index (χ2v) is 6.51. The van der Waals surface area contributed by atoms with E-state index in [0.717, 1.165) is 24.2 Å². The highest BCUT2D eigenvalue weighted by Crippen LogP contribution is 2.27. The topological polar surface area (TPSA) is 61.9 Å². The standard InChI is InChI=1S/C20H19FN4O/c21-17-10-8-15(9-11-17)20(26)25-12-4-7-16(13-25)19-22-18(23-24-19)14-5-2-1-3-6-14/h1-3,5-6,8-11,16H,4,7,12-13H2,(H,22,23,24)/t16-/m0/s1. The molecular formula is C20H19FN4O. The van der Waals surface area contributed by atoms with Gasteiger partial charge in [-0.25, -0.2) is 9.37 Å². The number of aromatic amines is 1. The first-order valence-electron chi connectivity index (χ1n) is 8.73. The van der Waals surface area contributed by atoms with Crippen LogP contribution in [0.1, 0.15) is 34.9 Å². The molecule has 6 heteroatoms. The smallest absolute Gasteiger partial charge is 0.253 e. The fourth-order valence-corrected chi connectivity index (χ4v) is 3.33. The molecule has 1 aromatic heterocycles. The second kappa shape index (κ2) is 7.07. The summed E-state index contributed by atoms with van der Waals surface area (Å²) in [6.07, 6.45) is 1.86. The predicted molar refractivity (Wildman–Crippen MR) is 96.1 cm³/mol. The number of nitrogens with zero attached hydrogens (tertiary/aromatic N) is 3. The van der Waals surface area contributed by atoms with E-state index in [1.54, 1.807) is 0 Å². The van der Waals surface area contributed by atoms with E-state index >= 15 is 0 Å². The number of carbonyl (C=O) groups is 1. The number of nitrogens with one attached hydrogen (secondary N) is 1. The zero-order chi connectivity index (χ0) is 17.9. The maximum absolute atomic E-state index is 13.1. The minimum Gasteiger partial charge on any atom is -0.338 e. The van der Waals surface area contributed by atoms with Crippen LogP contribution in [-0.4, -0.2) is 39.1 Å². The quantitative estimate of drug-likeness (QED) is 0.785. The largest absolute Gasteiger partial charge is 0.338 e. The van der Waals surface area contributed by atoms with Gasteiger partial charge in [-0.05, 0) is 37.1 Å². The number of hydrogen-bond acceptors (Lipinski definition) is 3. The number of halogens is 1. The van der Waals surface area contributed by atoms with Crippen molar-refractivity contribution < 1.29 is 9.18 Å². The molecular weight excluding hydrogens is 331 g/mol. The average Bonchev–Trinajstić information content (AvgIpc) is 3.19. The fraction of sp³-hybridized carbons (Fsp3) is 0.250. The third kappa shape index (κ3) is 3.35. The van der Waals surface area contributed by atoms with Gasteiger partial charge in [-0.3, -0.25) is 9.89 Å². The molecule has 4 rings (SSSR count). The van der Waals surface area contributed by atoms with Crippen LogP contribution >= 0.6 is 0 Å². The third-order valence-corrected chi connectivity index (χ3v) is 4.72. The minimum atomic E-state index is -0.340. The Labute approximate surface area is 150 Å². The molecule has 3 aromatic rings. The van der Waals surface area contributed by atoms with Crippen LogP contribution in [0.3, 0.4) is 0 Å². The minimum absolute atomic E-state index is 0.0718. The van der Waals surface area contributed by atoms with Crippen molar-refractivity contribution in [2.75, 3.05) is 13.1 Å². The van der Waals surface area contributed by atoms with Crippen LogP contribution in [-0.2, 0) is 0 Å². The van der Waals surface area contributed by atoms with E-state index in [2.05, 4.69) is 15.2 Å². The lowest BCUT2D eigenvalue weighted by Gasteiger charge is -2.31. The third-order valence-electron chi connectivity index (χ3n) is 4.72. The van der Waals surface area contributed by atoms with E-state index in [4.69, 9.17) is 0 Å². The molecule has 1 aliphatic rings. The zero-order valence-electron chi connectivity index (χ0n) is 14.2. The molecule has 132 valence electrons. The number of likely N-dealkylation sites (tertiary alicyclic amines) is 1. The molecule has 1 fully saturated rings. The number of rotatable bonds is 3. The highest BCUT2D eigenvalue weighted by atomic mass is 19.1. The van der Waals surface area contributed by atoms with Crippen LogP contribution in [0, 0.1) is 5.82 Å². The van der Waals surface area contributed by atoms with Crippen molar-refractivity contribution in [3.63, 3.8) is 0 Å². The van der Waals surface area contributed by atoms with Crippen LogP contribution in [0.4, 0.5) is 4.39 Å². The van der Waals surface area contributed by atoms with Crippen LogP contribution in [0.25, 0.3) is 11.4 Å². The number of carbonyl (C=O) groups excluding carboxylic acids is 1. The van der Waals surface area contributed by atoms with E-state index in [-0.39, 0.29) is 17.6 Å². The van der Waals surface area contributed by atoms with E-state index < -0.39 is 0 Å². The van der Waals surface area contributed by atoms with Gasteiger partial charge in [-0.15, -0.1) is 0 Å². The Bertz CT molecular complexity index is 892. The molecule has 0 radical (unpaired) electrons. The maximum Gasteiger partial charge on any atom is 0.253 e. The maximum atomic E-state index is 13.1. The summed E-state index contributed by atoms with van der Waals surface area (Å²) in [7, 11) is 0. The van der Waals surface area contributed by atoms with Crippen molar-refractivity contribution in [3.8, 4) is 11.4 Å². The van der Waals surface area contributed by atoms with E-state index in [1.807, 2.05) is 35.2 Å². The van der Waals surface area contributed by atoms with Gasteiger partial charge < -0.3 is 4.90 Å². The summed E-state index contributed by atoms with van der Waals surface area (Å²) in [4.78, 5) is 19.1. The van der Waals surface area contributed by atoms with E-state index in [9.17, 15) is 9.18 Å². The van der Waals surface area contributed by atoms with Crippen molar-refractivity contribution >= 4 is 5.91 Å². The average molecular weight is 350 g/mol. The van der Waals surface area contributed by atoms with Crippen molar-refractivity contribution in [3.05, 3.63) is 71.8 Å². The van der Waals surface area contributed by atoms with Crippen LogP contribution in [0.2, 0.25) is 0 Å². The SMILES string of the molecule is O=C(c1ccc(F)cc1)N1CCC[C@H](c2nc(-c3ccccc3)n[nH]2)C1. The zero-order valence-corrected chi connectivity index (χ0v) is 14.2. The number of hydrogen-bond donors (Lipinski definition) is 1. The Hall–Kier alpha value is -3.02. The normalized spacial score (nSPS) is 17.3. The summed E-state index contributed by atoms with van der Waals surface area (Å²) >= 11 is 0. The molecule has 5 nitrogen and oxygen atoms in total. The molecule has 0 unspecified atom stereocenters. The first-order valence-corrected chi connectivity index (χ1v) is 8.73. The Kier molecular flexibility index (Phi) is 4.48. The molecule has 1 atom stereocenters. The van der Waals surface area contributed by atoms with Crippen molar-refractivity contribution in [2.24, 2.45) is 0 Å². The summed E-state index contributed by atoms with van der Waals surface area (Å²) in [5, 5.41) is 7.35. The lowest BCUT2D eigenvalue weighted by molar-refractivity contribution is 0.0704. The Morgan fingerprint density at radius 1 is 1.12 bits per heavy atom. The van der Waals surface area contributed by atoms with Gasteiger partial charge in [0.15, 0.2) is 5.82 Å². The van der Waals surface area contributed by atoms with Crippen molar-refractivity contribution in [2.45, 2.75) is 18.8 Å². The number of benzene rings is 2. The molecule has 0 spiro atoms. The molecule has 2 aromatic carbocycles. The van der Waals surface area contributed by atoms with Gasteiger partial charge in [-0.1, -0.05) is 30.3 Å². The van der Waals surface area contributed by atoms with Gasteiger partial charge in [0.2, 0.25) is 0 Å². The Morgan fingerprint density at radius 2 is 1.88 bits per heavy atom. The fourth-order valence-electron chi connectivity index (χ4n) is 3.33. The number of H-pyrrole nitrogens is 1. The van der Waals surface area contributed by atoms with Gasteiger partial charge in [0.05, 0.1) is 0 Å². The summed E-state index contributed by atoms with van der Waals surface area (Å²) in [6, 6.07) is 15.5. The molecule has 1 N–H and O–H groups in total. The summed E-state index contributed by atoms with van der Waals surface area (Å²) in [6.45, 7) is 1.28. The van der Waals surface area contributed by atoms with Gasteiger partial charge in [-0.2, -0.15) is 5.10 Å². The first kappa shape index (κ1) is 16.4. The van der Waals surface area contributed by atoms with Crippen LogP contribution < -0.4 is 0 Å². The number of piperidine rings is 1. The highest BCUT2D eigenvalue weighted by Gasteiger charge is 2.27. The summed E-state index contributed by atoms with van der Waals surface area (Å²) in [5.41, 5.74) is 1.47. The summed E-state index contributed by atoms with van der Waals surface area (Å²) < 4.78 is 13.1. The highest BCUT2D eigenvalue weighted by molar-refractivity contribution is 5.94. The van der Waals surface area contributed by atoms with E-state index in [0.29, 0.717) is 24.5 Å². The summed E-state index contributed by atoms with van der Waals surface area (Å²) in [5.74, 6) is 1.19. The van der Waals surface area contributed by atoms with Crippen LogP contribution in [0.5, 0.6) is 0 Å². The van der Waals surface area contributed by atoms with Crippen molar-refractivity contribution in [1.82, 2.24) is 20.1 Å². The van der Waals surface area contributed by atoms with Gasteiger partial charge in [0.1, 0.15) is 11.6 Å². The lowest BCUT2D eigenvalue weighted by atomic mass is 9.96. The molecule has 1 saturated heterocycles. The molecule has 1 aliphatic heterocycles. The second-order valence-electron chi connectivity index (χ2n) is 6.51. The van der Waals surface area contributed by atoms with E-state index in [1.165, 1.54) is 24.3 Å². The molecule has 26 heavy (non-hydrogen) atoms. The van der Waals surface area contributed by atoms with Gasteiger partial charge in [0, 0.05) is 30.1 Å². The predicted octanol–water partition coefficient (Wildman–Crippen LogP) is 3.63.